The Kier molecular flexibility index (Phi) is 7.52. The molecule has 0 spiro atoms. The summed E-state index contributed by atoms with van der Waals surface area (Å²) >= 11 is 2.66. The Morgan fingerprint density at radius 1 is 1.26 bits per heavy atom. The number of nitro groups is 1. The van der Waals surface area contributed by atoms with Crippen molar-refractivity contribution >= 4 is 51.1 Å². The summed E-state index contributed by atoms with van der Waals surface area (Å²) in [7, 11) is 0. The van der Waals surface area contributed by atoms with Crippen LogP contribution in [-0.2, 0) is 17.6 Å². The molecule has 0 aliphatic heterocycles. The van der Waals surface area contributed by atoms with Gasteiger partial charge in [-0.3, -0.25) is 24.3 Å². The van der Waals surface area contributed by atoms with E-state index in [4.69, 9.17) is 9.72 Å². The topological polar surface area (TPSA) is 129 Å². The van der Waals surface area contributed by atoms with Crippen molar-refractivity contribution in [3.8, 4) is 11.4 Å². The molecule has 0 radical (unpaired) electrons. The Hall–Kier alpha value is -4.03. The van der Waals surface area contributed by atoms with Crippen molar-refractivity contribution in [3.05, 3.63) is 85.0 Å². The fourth-order valence-corrected chi connectivity index (χ4v) is 6.41. The Balaban J connectivity index is 1.40. The molecule has 5 rings (SSSR count). The van der Waals surface area contributed by atoms with Crippen LogP contribution in [0.5, 0.6) is 5.75 Å². The smallest absolute Gasteiger partial charge is 0.278 e. The minimum Gasteiger partial charge on any atom is -0.494 e. The largest absolute Gasteiger partial charge is 0.494 e. The molecule has 0 saturated carbocycles. The number of rotatable bonds is 9. The van der Waals surface area contributed by atoms with E-state index in [1.54, 1.807) is 47.7 Å². The molecule has 2 aromatic carbocycles. The van der Waals surface area contributed by atoms with Crippen LogP contribution in [0.25, 0.3) is 15.9 Å². The molecule has 2 heterocycles. The normalized spacial score (nSPS) is 12.7. The van der Waals surface area contributed by atoms with Crippen LogP contribution in [0, 0.1) is 10.1 Å². The highest BCUT2D eigenvalue weighted by atomic mass is 32.2. The summed E-state index contributed by atoms with van der Waals surface area (Å²) in [5.74, 6) is 0.194. The van der Waals surface area contributed by atoms with E-state index in [0.717, 1.165) is 36.6 Å². The zero-order valence-corrected chi connectivity index (χ0v) is 22.0. The maximum Gasteiger partial charge on any atom is 0.278 e. The van der Waals surface area contributed by atoms with Gasteiger partial charge in [0, 0.05) is 10.9 Å². The molecule has 0 bridgehead atoms. The Morgan fingerprint density at radius 3 is 2.82 bits per heavy atom. The molecule has 1 aliphatic rings. The summed E-state index contributed by atoms with van der Waals surface area (Å²) < 4.78 is 7.07. The van der Waals surface area contributed by atoms with E-state index in [0.29, 0.717) is 33.4 Å². The number of carbonyl (C=O) groups is 1. The average molecular weight is 550 g/mol. The minimum absolute atomic E-state index is 0.0612. The maximum absolute atomic E-state index is 13.7. The first kappa shape index (κ1) is 25.6. The van der Waals surface area contributed by atoms with E-state index in [9.17, 15) is 19.7 Å². The van der Waals surface area contributed by atoms with Gasteiger partial charge in [-0.1, -0.05) is 23.9 Å². The van der Waals surface area contributed by atoms with Crippen LogP contribution in [0.2, 0.25) is 0 Å². The van der Waals surface area contributed by atoms with Crippen molar-refractivity contribution < 1.29 is 14.5 Å². The van der Waals surface area contributed by atoms with E-state index in [1.165, 1.54) is 27.8 Å². The molecule has 1 aliphatic carbocycles. The van der Waals surface area contributed by atoms with Crippen molar-refractivity contribution in [2.45, 2.75) is 31.3 Å². The molecule has 4 aromatic rings. The number of aryl methyl sites for hydroxylation is 2. The Labute approximate surface area is 225 Å². The SMILES string of the molecule is CCOc1ccc(-n2c(SCC(=O)NN=Cc3ccccc3[N+](=O)[O-])nc3sc4c(c3c2=O)CCC4)cc1. The zero-order chi connectivity index (χ0) is 26.6. The molecule has 2 aromatic heterocycles. The summed E-state index contributed by atoms with van der Waals surface area (Å²) in [6, 6.07) is 13.3. The summed E-state index contributed by atoms with van der Waals surface area (Å²) in [4.78, 5) is 43.6. The second-order valence-corrected chi connectivity index (χ2v) is 10.4. The monoisotopic (exact) mass is 549 g/mol. The van der Waals surface area contributed by atoms with Crippen LogP contribution in [0.15, 0.2) is 63.6 Å². The number of nitro benzene ring substituents is 1. The molecule has 1 N–H and O–H groups in total. The van der Waals surface area contributed by atoms with Crippen LogP contribution >= 0.6 is 23.1 Å². The lowest BCUT2D eigenvalue weighted by molar-refractivity contribution is -0.385. The third-order valence-electron chi connectivity index (χ3n) is 5.97. The summed E-state index contributed by atoms with van der Waals surface area (Å²) in [6.07, 6.45) is 4.07. The quantitative estimate of drug-likeness (QED) is 0.107. The number of thiophene rings is 1. The molecule has 1 amide bonds. The van der Waals surface area contributed by atoms with Gasteiger partial charge >= 0.3 is 0 Å². The molecule has 0 fully saturated rings. The lowest BCUT2D eigenvalue weighted by atomic mass is 10.2. The number of aromatic nitrogens is 2. The van der Waals surface area contributed by atoms with Gasteiger partial charge in [-0.2, -0.15) is 5.10 Å². The van der Waals surface area contributed by atoms with Crippen molar-refractivity contribution in [1.82, 2.24) is 15.0 Å². The first-order chi connectivity index (χ1) is 18.5. The van der Waals surface area contributed by atoms with Crippen LogP contribution in [-0.4, -0.2) is 39.0 Å². The molecule has 10 nitrogen and oxygen atoms in total. The van der Waals surface area contributed by atoms with Crippen molar-refractivity contribution in [2.75, 3.05) is 12.4 Å². The van der Waals surface area contributed by atoms with E-state index < -0.39 is 10.8 Å². The van der Waals surface area contributed by atoms with Gasteiger partial charge in [-0.25, -0.2) is 10.4 Å². The lowest BCUT2D eigenvalue weighted by Crippen LogP contribution is -2.24. The molecular weight excluding hydrogens is 526 g/mol. The molecule has 38 heavy (non-hydrogen) atoms. The van der Waals surface area contributed by atoms with Crippen molar-refractivity contribution in [2.24, 2.45) is 5.10 Å². The number of thioether (sulfide) groups is 1. The van der Waals surface area contributed by atoms with Gasteiger partial charge in [0.25, 0.3) is 17.2 Å². The van der Waals surface area contributed by atoms with E-state index in [-0.39, 0.29) is 22.6 Å². The van der Waals surface area contributed by atoms with Crippen LogP contribution in [0.4, 0.5) is 5.69 Å². The van der Waals surface area contributed by atoms with Crippen LogP contribution < -0.4 is 15.7 Å². The first-order valence-electron chi connectivity index (χ1n) is 11.9. The standard InChI is InChI=1S/C26H23N5O5S2/c1-2-36-18-12-10-17(11-13-18)30-25(33)23-19-7-5-9-21(19)38-24(23)28-26(30)37-15-22(32)29-27-14-16-6-3-4-8-20(16)31(34)35/h3-4,6,8,10-14H,2,5,7,9,15H2,1H3,(H,29,32). The van der Waals surface area contributed by atoms with Crippen molar-refractivity contribution in [3.63, 3.8) is 0 Å². The number of nitrogens with one attached hydrogen (secondary N) is 1. The number of carbonyl (C=O) groups excluding carboxylic acids is 1. The number of hydrogen-bond acceptors (Lipinski definition) is 9. The highest BCUT2D eigenvalue weighted by molar-refractivity contribution is 7.99. The number of hydrazone groups is 1. The molecule has 194 valence electrons. The van der Waals surface area contributed by atoms with E-state index >= 15 is 0 Å². The van der Waals surface area contributed by atoms with Crippen LogP contribution in [0.1, 0.15) is 29.3 Å². The highest BCUT2D eigenvalue weighted by Gasteiger charge is 2.24. The number of ether oxygens (including phenoxy) is 1. The van der Waals surface area contributed by atoms with Gasteiger partial charge < -0.3 is 4.74 Å². The maximum atomic E-state index is 13.7. The third kappa shape index (κ3) is 5.18. The van der Waals surface area contributed by atoms with Crippen LogP contribution in [0.3, 0.4) is 0 Å². The summed E-state index contributed by atoms with van der Waals surface area (Å²) in [5.41, 5.74) is 4.10. The van der Waals surface area contributed by atoms with Gasteiger partial charge in [0.2, 0.25) is 0 Å². The van der Waals surface area contributed by atoms with Gasteiger partial charge in [-0.15, -0.1) is 11.3 Å². The molecule has 12 heteroatoms. The van der Waals surface area contributed by atoms with E-state index in [1.807, 2.05) is 6.92 Å². The second kappa shape index (κ2) is 11.2. The number of fused-ring (bicyclic) bond motifs is 3. The number of hydrogen-bond donors (Lipinski definition) is 1. The predicted molar refractivity (Wildman–Crippen MR) is 148 cm³/mol. The first-order valence-corrected chi connectivity index (χ1v) is 13.7. The summed E-state index contributed by atoms with van der Waals surface area (Å²) in [5, 5.41) is 16.1. The molecule has 0 saturated heterocycles. The van der Waals surface area contributed by atoms with E-state index in [2.05, 4.69) is 10.5 Å². The van der Waals surface area contributed by atoms with Gasteiger partial charge in [0.05, 0.1) is 40.1 Å². The van der Waals surface area contributed by atoms with Gasteiger partial charge in [0.1, 0.15) is 10.6 Å². The summed E-state index contributed by atoms with van der Waals surface area (Å²) in [6.45, 7) is 2.43. The number of para-hydroxylation sites is 1. The minimum atomic E-state index is -0.512. The Morgan fingerprint density at radius 2 is 2.05 bits per heavy atom. The average Bonchev–Trinajstić information content (AvgIpc) is 3.50. The molecule has 0 atom stereocenters. The fourth-order valence-electron chi connectivity index (χ4n) is 4.31. The number of benzene rings is 2. The predicted octanol–water partition coefficient (Wildman–Crippen LogP) is 4.49. The third-order valence-corrected chi connectivity index (χ3v) is 8.10. The lowest BCUT2D eigenvalue weighted by Gasteiger charge is -2.13. The zero-order valence-electron chi connectivity index (χ0n) is 20.4. The molecular formula is C26H23N5O5S2. The fraction of sp³-hybridized carbons (Fsp3) is 0.231. The highest BCUT2D eigenvalue weighted by Crippen LogP contribution is 2.36. The Bertz CT molecular complexity index is 1610. The second-order valence-electron chi connectivity index (χ2n) is 8.40. The van der Waals surface area contributed by atoms with Gasteiger partial charge in [0.15, 0.2) is 5.16 Å². The van der Waals surface area contributed by atoms with Crippen molar-refractivity contribution in [1.29, 1.82) is 0 Å². The number of amides is 1. The molecule has 0 unspecified atom stereocenters. The van der Waals surface area contributed by atoms with Gasteiger partial charge in [-0.05, 0) is 62.1 Å². The number of nitrogens with zero attached hydrogens (tertiary/aromatic N) is 4.